The van der Waals surface area contributed by atoms with Crippen LogP contribution in [0, 0.1) is 6.92 Å². The molecule has 6 heteroatoms. The van der Waals surface area contributed by atoms with Crippen molar-refractivity contribution in [2.75, 3.05) is 0 Å². The summed E-state index contributed by atoms with van der Waals surface area (Å²) in [5, 5.41) is 7.26. The number of hydrogen-bond donors (Lipinski definition) is 0. The fourth-order valence-electron chi connectivity index (χ4n) is 2.25. The number of halogens is 1. The van der Waals surface area contributed by atoms with Gasteiger partial charge in [0.1, 0.15) is 5.82 Å². The predicted molar refractivity (Wildman–Crippen MR) is 82.3 cm³/mol. The van der Waals surface area contributed by atoms with Crippen molar-refractivity contribution >= 4 is 22.9 Å². The lowest BCUT2D eigenvalue weighted by molar-refractivity contribution is 0.599. The van der Waals surface area contributed by atoms with Crippen LogP contribution in [0.1, 0.15) is 18.3 Å². The summed E-state index contributed by atoms with van der Waals surface area (Å²) in [6.07, 6.45) is 3.80. The summed E-state index contributed by atoms with van der Waals surface area (Å²) in [7, 11) is 0. The van der Waals surface area contributed by atoms with Crippen molar-refractivity contribution in [1.29, 1.82) is 0 Å². The maximum Gasteiger partial charge on any atom is 0.150 e. The third-order valence-corrected chi connectivity index (χ3v) is 4.59. The molecule has 0 saturated carbocycles. The quantitative estimate of drug-likeness (QED) is 0.734. The highest BCUT2D eigenvalue weighted by atomic mass is 35.5. The molecule has 0 aliphatic rings. The van der Waals surface area contributed by atoms with E-state index in [1.807, 2.05) is 30.1 Å². The molecule has 20 heavy (non-hydrogen) atoms. The molecule has 0 amide bonds. The Morgan fingerprint density at radius 1 is 1.40 bits per heavy atom. The maximum atomic E-state index is 6.37. The Labute approximate surface area is 126 Å². The molecule has 3 heterocycles. The van der Waals surface area contributed by atoms with Crippen molar-refractivity contribution < 1.29 is 0 Å². The lowest BCUT2D eigenvalue weighted by atomic mass is 10.3. The summed E-state index contributed by atoms with van der Waals surface area (Å²) >= 11 is 8.06. The van der Waals surface area contributed by atoms with E-state index in [0.29, 0.717) is 6.54 Å². The molecular weight excluding hydrogens is 292 g/mol. The van der Waals surface area contributed by atoms with E-state index in [9.17, 15) is 0 Å². The number of hydrogen-bond acceptors (Lipinski definition) is 3. The van der Waals surface area contributed by atoms with Crippen LogP contribution in [0.5, 0.6) is 0 Å². The van der Waals surface area contributed by atoms with E-state index in [2.05, 4.69) is 33.0 Å². The lowest BCUT2D eigenvalue weighted by Gasteiger charge is -2.09. The highest BCUT2D eigenvalue weighted by Gasteiger charge is 2.15. The average molecular weight is 307 g/mol. The number of rotatable bonds is 4. The maximum absolute atomic E-state index is 6.37. The van der Waals surface area contributed by atoms with Crippen LogP contribution in [0.4, 0.5) is 0 Å². The molecule has 0 atom stereocenters. The largest absolute Gasteiger partial charge is 0.324 e. The van der Waals surface area contributed by atoms with Gasteiger partial charge in [-0.3, -0.25) is 4.68 Å². The molecule has 3 aromatic heterocycles. The van der Waals surface area contributed by atoms with Gasteiger partial charge in [0.2, 0.25) is 0 Å². The second-order valence-electron chi connectivity index (χ2n) is 4.52. The Bertz CT molecular complexity index is 712. The second kappa shape index (κ2) is 5.42. The first-order valence-electron chi connectivity index (χ1n) is 6.47. The summed E-state index contributed by atoms with van der Waals surface area (Å²) in [5.74, 6) is 0.970. The van der Waals surface area contributed by atoms with E-state index in [1.165, 1.54) is 0 Å². The minimum absolute atomic E-state index is 0.681. The van der Waals surface area contributed by atoms with Crippen LogP contribution in [-0.2, 0) is 13.1 Å². The second-order valence-corrected chi connectivity index (χ2v) is 5.84. The van der Waals surface area contributed by atoms with Gasteiger partial charge < -0.3 is 4.57 Å². The van der Waals surface area contributed by atoms with E-state index in [1.54, 1.807) is 11.3 Å². The van der Waals surface area contributed by atoms with Gasteiger partial charge in [-0.15, -0.1) is 11.3 Å². The van der Waals surface area contributed by atoms with Gasteiger partial charge in [0.15, 0.2) is 0 Å². The Hall–Kier alpha value is -1.59. The molecular formula is C14H15ClN4S. The molecule has 0 aromatic carbocycles. The van der Waals surface area contributed by atoms with Crippen molar-refractivity contribution in [2.24, 2.45) is 0 Å². The standard InChI is InChI=1S/C14H15ClN4S/c1-3-19-11(13(15)10(2)17-19)9-18-7-6-16-14(18)12-5-4-8-20-12/h4-8H,3,9H2,1-2H3. The predicted octanol–water partition coefficient (Wildman–Crippen LogP) is 3.84. The zero-order valence-electron chi connectivity index (χ0n) is 11.4. The first-order chi connectivity index (χ1) is 9.70. The van der Waals surface area contributed by atoms with Gasteiger partial charge in [-0.25, -0.2) is 4.98 Å². The van der Waals surface area contributed by atoms with Crippen LogP contribution in [0.3, 0.4) is 0 Å². The number of aromatic nitrogens is 4. The molecule has 0 radical (unpaired) electrons. The van der Waals surface area contributed by atoms with Crippen LogP contribution >= 0.6 is 22.9 Å². The van der Waals surface area contributed by atoms with Gasteiger partial charge >= 0.3 is 0 Å². The molecule has 0 spiro atoms. The topological polar surface area (TPSA) is 35.6 Å². The molecule has 0 bridgehead atoms. The van der Waals surface area contributed by atoms with Crippen LogP contribution in [-0.4, -0.2) is 19.3 Å². The summed E-state index contributed by atoms with van der Waals surface area (Å²) < 4.78 is 4.07. The molecule has 104 valence electrons. The third-order valence-electron chi connectivity index (χ3n) is 3.23. The number of aryl methyl sites for hydroxylation is 2. The fraction of sp³-hybridized carbons (Fsp3) is 0.286. The van der Waals surface area contributed by atoms with Crippen molar-refractivity contribution in [3.8, 4) is 10.7 Å². The minimum atomic E-state index is 0.681. The molecule has 4 nitrogen and oxygen atoms in total. The smallest absolute Gasteiger partial charge is 0.150 e. The van der Waals surface area contributed by atoms with Crippen molar-refractivity contribution in [1.82, 2.24) is 19.3 Å². The van der Waals surface area contributed by atoms with Gasteiger partial charge in [-0.05, 0) is 25.3 Å². The normalized spacial score (nSPS) is 11.2. The Morgan fingerprint density at radius 3 is 2.95 bits per heavy atom. The molecule has 3 rings (SSSR count). The first kappa shape index (κ1) is 13.4. The van der Waals surface area contributed by atoms with E-state index in [0.717, 1.165) is 33.7 Å². The fourth-order valence-corrected chi connectivity index (χ4v) is 3.18. The van der Waals surface area contributed by atoms with Crippen molar-refractivity contribution in [3.05, 3.63) is 46.3 Å². The van der Waals surface area contributed by atoms with Crippen molar-refractivity contribution in [2.45, 2.75) is 26.9 Å². The van der Waals surface area contributed by atoms with Crippen LogP contribution in [0.2, 0.25) is 5.02 Å². The Balaban J connectivity index is 1.99. The molecule has 0 unspecified atom stereocenters. The lowest BCUT2D eigenvalue weighted by Crippen LogP contribution is -2.08. The van der Waals surface area contributed by atoms with E-state index < -0.39 is 0 Å². The third kappa shape index (κ3) is 2.27. The van der Waals surface area contributed by atoms with E-state index in [4.69, 9.17) is 11.6 Å². The van der Waals surface area contributed by atoms with Crippen LogP contribution in [0.25, 0.3) is 10.7 Å². The van der Waals surface area contributed by atoms with Gasteiger partial charge in [0, 0.05) is 18.9 Å². The van der Waals surface area contributed by atoms with Crippen molar-refractivity contribution in [3.63, 3.8) is 0 Å². The number of imidazole rings is 1. The van der Waals surface area contributed by atoms with Gasteiger partial charge in [0.25, 0.3) is 0 Å². The van der Waals surface area contributed by atoms with Crippen LogP contribution in [0.15, 0.2) is 29.9 Å². The summed E-state index contributed by atoms with van der Waals surface area (Å²) in [6.45, 7) is 5.50. The highest BCUT2D eigenvalue weighted by molar-refractivity contribution is 7.13. The molecule has 0 aliphatic heterocycles. The first-order valence-corrected chi connectivity index (χ1v) is 7.73. The van der Waals surface area contributed by atoms with E-state index >= 15 is 0 Å². The molecule has 0 fully saturated rings. The van der Waals surface area contributed by atoms with Crippen LogP contribution < -0.4 is 0 Å². The summed E-state index contributed by atoms with van der Waals surface area (Å²) in [4.78, 5) is 5.61. The summed E-state index contributed by atoms with van der Waals surface area (Å²) in [6, 6.07) is 4.11. The highest BCUT2D eigenvalue weighted by Crippen LogP contribution is 2.26. The van der Waals surface area contributed by atoms with E-state index in [-0.39, 0.29) is 0 Å². The van der Waals surface area contributed by atoms with Gasteiger partial charge in [-0.1, -0.05) is 17.7 Å². The molecule has 0 aliphatic carbocycles. The molecule has 3 aromatic rings. The molecule has 0 saturated heterocycles. The number of thiophene rings is 1. The summed E-state index contributed by atoms with van der Waals surface area (Å²) in [5.41, 5.74) is 1.91. The SMILES string of the molecule is CCn1nc(C)c(Cl)c1Cn1ccnc1-c1cccs1. The number of nitrogens with zero attached hydrogens (tertiary/aromatic N) is 4. The Kier molecular flexibility index (Phi) is 3.63. The van der Waals surface area contributed by atoms with Gasteiger partial charge in [0.05, 0.1) is 27.8 Å². The Morgan fingerprint density at radius 2 is 2.25 bits per heavy atom. The minimum Gasteiger partial charge on any atom is -0.324 e. The average Bonchev–Trinajstić information content (AvgIpc) is 3.15. The monoisotopic (exact) mass is 306 g/mol. The molecule has 0 N–H and O–H groups in total. The van der Waals surface area contributed by atoms with Gasteiger partial charge in [-0.2, -0.15) is 5.10 Å². The zero-order chi connectivity index (χ0) is 14.1. The zero-order valence-corrected chi connectivity index (χ0v) is 12.9.